The van der Waals surface area contributed by atoms with Crippen LogP contribution >= 0.6 is 0 Å². The third kappa shape index (κ3) is 3.65. The number of carbonyl (C=O) groups is 1. The maximum absolute atomic E-state index is 12.3. The largest absolute Gasteiger partial charge is 0.352 e. The number of likely N-dealkylation sites (tertiary alicyclic amines) is 1. The maximum atomic E-state index is 12.3. The fraction of sp³-hybridized carbons (Fsp3) is 0.944. The lowest BCUT2D eigenvalue weighted by molar-refractivity contribution is -0.123. The molecule has 3 N–H and O–H groups in total. The quantitative estimate of drug-likeness (QED) is 0.816. The van der Waals surface area contributed by atoms with Gasteiger partial charge in [-0.1, -0.05) is 6.42 Å². The molecule has 2 bridgehead atoms. The number of carbonyl (C=O) groups excluding carboxylic acids is 1. The summed E-state index contributed by atoms with van der Waals surface area (Å²) in [5, 5.41) is 3.28. The van der Waals surface area contributed by atoms with E-state index in [0.717, 1.165) is 43.7 Å². The first-order valence-electron chi connectivity index (χ1n) is 9.30. The molecule has 2 saturated carbocycles. The number of piperidine rings is 1. The lowest BCUT2D eigenvalue weighted by Crippen LogP contribution is -2.47. The zero-order valence-electron chi connectivity index (χ0n) is 14.3. The van der Waals surface area contributed by atoms with Crippen LogP contribution in [0.25, 0.3) is 0 Å². The smallest absolute Gasteiger partial charge is 0.234 e. The van der Waals surface area contributed by atoms with Gasteiger partial charge in [0.25, 0.3) is 0 Å². The molecular formula is C18H33N3O. The van der Waals surface area contributed by atoms with Crippen molar-refractivity contribution in [1.82, 2.24) is 10.2 Å². The molecular weight excluding hydrogens is 274 g/mol. The predicted octanol–water partition coefficient (Wildman–Crippen LogP) is 1.99. The van der Waals surface area contributed by atoms with Crippen molar-refractivity contribution in [2.45, 2.75) is 64.5 Å². The fourth-order valence-corrected chi connectivity index (χ4v) is 5.15. The van der Waals surface area contributed by atoms with E-state index in [1.807, 2.05) is 0 Å². The Hall–Kier alpha value is -0.610. The predicted molar refractivity (Wildman–Crippen MR) is 89.4 cm³/mol. The molecule has 1 aliphatic heterocycles. The Morgan fingerprint density at radius 1 is 1.18 bits per heavy atom. The van der Waals surface area contributed by atoms with Crippen molar-refractivity contribution in [3.8, 4) is 0 Å². The minimum atomic E-state index is 0.217. The summed E-state index contributed by atoms with van der Waals surface area (Å²) in [6.07, 6.45) is 7.83. The van der Waals surface area contributed by atoms with Crippen molar-refractivity contribution < 1.29 is 4.79 Å². The minimum Gasteiger partial charge on any atom is -0.352 e. The molecule has 2 aliphatic carbocycles. The highest BCUT2D eigenvalue weighted by Gasteiger charge is 2.42. The van der Waals surface area contributed by atoms with E-state index in [9.17, 15) is 4.79 Å². The van der Waals surface area contributed by atoms with Gasteiger partial charge >= 0.3 is 0 Å². The molecule has 3 aliphatic rings. The number of nitrogens with one attached hydrogen (secondary N) is 1. The van der Waals surface area contributed by atoms with Gasteiger partial charge in [0.1, 0.15) is 0 Å². The van der Waals surface area contributed by atoms with Crippen LogP contribution in [0.3, 0.4) is 0 Å². The van der Waals surface area contributed by atoms with E-state index in [2.05, 4.69) is 24.1 Å². The number of nitrogens with two attached hydrogens (primary N) is 1. The molecule has 0 spiro atoms. The van der Waals surface area contributed by atoms with E-state index in [1.54, 1.807) is 0 Å². The van der Waals surface area contributed by atoms with Crippen LogP contribution in [-0.4, -0.2) is 42.5 Å². The Morgan fingerprint density at radius 2 is 1.91 bits per heavy atom. The first kappa shape index (κ1) is 16.3. The first-order chi connectivity index (χ1) is 10.5. The average Bonchev–Trinajstić information content (AvgIpc) is 3.10. The third-order valence-corrected chi connectivity index (χ3v) is 6.57. The Bertz CT molecular complexity index is 390. The number of hydrogen-bond acceptors (Lipinski definition) is 3. The second-order valence-corrected chi connectivity index (χ2v) is 8.17. The molecule has 126 valence electrons. The second-order valence-electron chi connectivity index (χ2n) is 8.17. The zero-order valence-corrected chi connectivity index (χ0v) is 14.3. The highest BCUT2D eigenvalue weighted by molar-refractivity contribution is 5.78. The monoisotopic (exact) mass is 307 g/mol. The third-order valence-electron chi connectivity index (χ3n) is 6.57. The van der Waals surface area contributed by atoms with E-state index in [-0.39, 0.29) is 11.9 Å². The van der Waals surface area contributed by atoms with E-state index in [1.165, 1.54) is 25.7 Å². The summed E-state index contributed by atoms with van der Waals surface area (Å²) in [5.74, 6) is 3.40. The summed E-state index contributed by atoms with van der Waals surface area (Å²) in [5.41, 5.74) is 5.98. The molecule has 4 nitrogen and oxygen atoms in total. The van der Waals surface area contributed by atoms with Gasteiger partial charge in [0.05, 0.1) is 6.54 Å². The first-order valence-corrected chi connectivity index (χ1v) is 9.30. The summed E-state index contributed by atoms with van der Waals surface area (Å²) in [4.78, 5) is 14.6. The Balaban J connectivity index is 1.39. The topological polar surface area (TPSA) is 58.4 Å². The average molecular weight is 307 g/mol. The van der Waals surface area contributed by atoms with Gasteiger partial charge in [-0.3, -0.25) is 9.69 Å². The summed E-state index contributed by atoms with van der Waals surface area (Å²) >= 11 is 0. The van der Waals surface area contributed by atoms with Crippen molar-refractivity contribution in [3.63, 3.8) is 0 Å². The van der Waals surface area contributed by atoms with Crippen LogP contribution in [0.2, 0.25) is 0 Å². The number of nitrogens with zero attached hydrogens (tertiary/aromatic N) is 1. The van der Waals surface area contributed by atoms with Crippen LogP contribution in [-0.2, 0) is 4.79 Å². The van der Waals surface area contributed by atoms with Gasteiger partial charge in [-0.2, -0.15) is 0 Å². The zero-order chi connectivity index (χ0) is 15.7. The van der Waals surface area contributed by atoms with Crippen LogP contribution in [0.15, 0.2) is 0 Å². The highest BCUT2D eigenvalue weighted by Crippen LogP contribution is 2.49. The molecule has 1 amide bonds. The standard InChI is InChI=1S/C18H33N3O/c1-12(19)15-5-7-21(8-6-15)11-18(22)20-13(2)17-10-14-3-4-16(17)9-14/h12-17H,3-11,19H2,1-2H3,(H,20,22). The van der Waals surface area contributed by atoms with Gasteiger partial charge in [-0.15, -0.1) is 0 Å². The molecule has 0 aromatic heterocycles. The van der Waals surface area contributed by atoms with Crippen LogP contribution in [0.1, 0.15) is 52.4 Å². The SMILES string of the molecule is CC(N)C1CCN(CC(=O)NC(C)C2CC3CCC2C3)CC1. The lowest BCUT2D eigenvalue weighted by atomic mass is 9.84. The van der Waals surface area contributed by atoms with Gasteiger partial charge in [-0.05, 0) is 82.7 Å². The van der Waals surface area contributed by atoms with E-state index in [4.69, 9.17) is 5.73 Å². The van der Waals surface area contributed by atoms with Crippen molar-refractivity contribution >= 4 is 5.91 Å². The summed E-state index contributed by atoms with van der Waals surface area (Å²) in [7, 11) is 0. The van der Waals surface area contributed by atoms with E-state index in [0.29, 0.717) is 18.5 Å². The number of rotatable bonds is 5. The maximum Gasteiger partial charge on any atom is 0.234 e. The van der Waals surface area contributed by atoms with Gasteiger partial charge in [0.15, 0.2) is 0 Å². The molecule has 3 fully saturated rings. The molecule has 5 unspecified atom stereocenters. The molecule has 22 heavy (non-hydrogen) atoms. The Morgan fingerprint density at radius 3 is 2.45 bits per heavy atom. The molecule has 0 radical (unpaired) electrons. The molecule has 1 saturated heterocycles. The van der Waals surface area contributed by atoms with Crippen molar-refractivity contribution in [2.24, 2.45) is 29.4 Å². The molecule has 3 rings (SSSR count). The fourth-order valence-electron chi connectivity index (χ4n) is 5.15. The minimum absolute atomic E-state index is 0.217. The van der Waals surface area contributed by atoms with Gasteiger partial charge in [0.2, 0.25) is 5.91 Å². The number of hydrogen-bond donors (Lipinski definition) is 2. The summed E-state index contributed by atoms with van der Waals surface area (Å²) in [6, 6.07) is 0.637. The molecule has 4 heteroatoms. The van der Waals surface area contributed by atoms with Crippen LogP contribution in [0.5, 0.6) is 0 Å². The molecule has 0 aromatic carbocycles. The normalized spacial score (nSPS) is 35.5. The van der Waals surface area contributed by atoms with E-state index >= 15 is 0 Å². The summed E-state index contributed by atoms with van der Waals surface area (Å²) in [6.45, 7) is 6.91. The van der Waals surface area contributed by atoms with Crippen LogP contribution in [0.4, 0.5) is 0 Å². The number of fused-ring (bicyclic) bond motifs is 2. The van der Waals surface area contributed by atoms with Gasteiger partial charge < -0.3 is 11.1 Å². The Labute approximate surface area is 135 Å². The number of amides is 1. The van der Waals surface area contributed by atoms with Crippen molar-refractivity contribution in [3.05, 3.63) is 0 Å². The van der Waals surface area contributed by atoms with Crippen LogP contribution in [0, 0.1) is 23.7 Å². The summed E-state index contributed by atoms with van der Waals surface area (Å²) < 4.78 is 0. The molecule has 1 heterocycles. The molecule has 0 aromatic rings. The second kappa shape index (κ2) is 6.88. The Kier molecular flexibility index (Phi) is 5.08. The van der Waals surface area contributed by atoms with Gasteiger partial charge in [-0.25, -0.2) is 0 Å². The lowest BCUT2D eigenvalue weighted by Gasteiger charge is -2.34. The van der Waals surface area contributed by atoms with E-state index < -0.39 is 0 Å². The molecule has 5 atom stereocenters. The van der Waals surface area contributed by atoms with Gasteiger partial charge in [0, 0.05) is 12.1 Å². The highest BCUT2D eigenvalue weighted by atomic mass is 16.2. The van der Waals surface area contributed by atoms with Crippen LogP contribution < -0.4 is 11.1 Å². The van der Waals surface area contributed by atoms with Crippen molar-refractivity contribution in [2.75, 3.05) is 19.6 Å². The van der Waals surface area contributed by atoms with Crippen molar-refractivity contribution in [1.29, 1.82) is 0 Å².